The predicted octanol–water partition coefficient (Wildman–Crippen LogP) is 4.49. The number of hydrogen-bond donors (Lipinski definition) is 2. The Kier molecular flexibility index (Phi) is 7.40. The molecule has 0 bridgehead atoms. The van der Waals surface area contributed by atoms with E-state index in [1.807, 2.05) is 36.4 Å². The molecule has 8 nitrogen and oxygen atoms in total. The molecule has 0 aliphatic rings. The Balaban J connectivity index is 2.28. The van der Waals surface area contributed by atoms with Gasteiger partial charge in [-0.15, -0.1) is 5.11 Å². The molecule has 0 heterocycles. The molecule has 0 atom stereocenters. The summed E-state index contributed by atoms with van der Waals surface area (Å²) in [5.41, 5.74) is 2.44. The van der Waals surface area contributed by atoms with Gasteiger partial charge in [0.05, 0.1) is 0 Å². The van der Waals surface area contributed by atoms with E-state index in [2.05, 4.69) is 21.5 Å². The fourth-order valence-corrected chi connectivity index (χ4v) is 2.40. The molecule has 0 aliphatic heterocycles. The summed E-state index contributed by atoms with van der Waals surface area (Å²) in [5.74, 6) is -0.187. The van der Waals surface area contributed by atoms with Gasteiger partial charge in [0.2, 0.25) is 0 Å². The average Bonchev–Trinajstić information content (AvgIpc) is 2.66. The maximum absolute atomic E-state index is 11.9. The molecule has 0 fully saturated rings. The van der Waals surface area contributed by atoms with Crippen LogP contribution in [0.1, 0.15) is 18.1 Å². The first kappa shape index (κ1) is 22.0. The number of amides is 1. The van der Waals surface area contributed by atoms with Gasteiger partial charge in [-0.05, 0) is 41.6 Å². The van der Waals surface area contributed by atoms with Crippen molar-refractivity contribution in [3.63, 3.8) is 0 Å². The van der Waals surface area contributed by atoms with E-state index in [0.717, 1.165) is 5.56 Å². The van der Waals surface area contributed by atoms with Crippen molar-refractivity contribution < 1.29 is 22.5 Å². The quantitative estimate of drug-likeness (QED) is 0.374. The Labute approximate surface area is 169 Å². The topological polar surface area (TPSA) is 117 Å². The van der Waals surface area contributed by atoms with Crippen LogP contribution in [0.3, 0.4) is 0 Å². The van der Waals surface area contributed by atoms with Crippen LogP contribution in [0.15, 0.2) is 70.3 Å². The fraction of sp³-hybridized carbons (Fsp3) is 0.150. The summed E-state index contributed by atoms with van der Waals surface area (Å²) >= 11 is 0. The van der Waals surface area contributed by atoms with Gasteiger partial charge < -0.3 is 10.1 Å². The highest BCUT2D eigenvalue weighted by molar-refractivity contribution is 7.84. The van der Waals surface area contributed by atoms with Crippen molar-refractivity contribution in [2.75, 3.05) is 11.9 Å². The number of carbonyl (C=O) groups excluding carboxylic acids is 1. The third-order valence-electron chi connectivity index (χ3n) is 3.64. The van der Waals surface area contributed by atoms with E-state index in [1.54, 1.807) is 19.9 Å². The fourth-order valence-electron chi connectivity index (χ4n) is 2.21. The van der Waals surface area contributed by atoms with Crippen LogP contribution in [0, 0.1) is 6.92 Å². The van der Waals surface area contributed by atoms with Crippen molar-refractivity contribution in [2.24, 2.45) is 9.63 Å². The van der Waals surface area contributed by atoms with Gasteiger partial charge in [0, 0.05) is 17.3 Å². The van der Waals surface area contributed by atoms with Crippen molar-refractivity contribution >= 4 is 33.7 Å². The molecule has 0 saturated heterocycles. The number of aryl methyl sites for hydroxylation is 1. The van der Waals surface area contributed by atoms with E-state index >= 15 is 0 Å². The molecule has 2 rings (SSSR count). The minimum Gasteiger partial charge on any atom is -0.487 e. The van der Waals surface area contributed by atoms with Crippen molar-refractivity contribution in [1.29, 1.82) is 0 Å². The van der Waals surface area contributed by atoms with Gasteiger partial charge in [-0.3, -0.25) is 9.35 Å². The maximum Gasteiger partial charge on any atom is 0.396 e. The Morgan fingerprint density at radius 3 is 2.59 bits per heavy atom. The van der Waals surface area contributed by atoms with Crippen LogP contribution in [-0.2, 0) is 15.1 Å². The molecule has 2 aromatic rings. The first-order chi connectivity index (χ1) is 13.7. The monoisotopic (exact) mass is 415 g/mol. The van der Waals surface area contributed by atoms with Crippen molar-refractivity contribution in [1.82, 2.24) is 0 Å². The molecule has 0 aliphatic carbocycles. The van der Waals surface area contributed by atoms with Gasteiger partial charge in [0.15, 0.2) is 0 Å². The number of ether oxygens (including phenoxy) is 1. The maximum atomic E-state index is 11.9. The lowest BCUT2D eigenvalue weighted by Crippen LogP contribution is -2.13. The second-order valence-electron chi connectivity index (χ2n) is 6.12. The summed E-state index contributed by atoms with van der Waals surface area (Å²) in [7, 11) is -4.65. The number of nitrogens with one attached hydrogen (secondary N) is 1. The minimum atomic E-state index is -4.65. The summed E-state index contributed by atoms with van der Waals surface area (Å²) in [6, 6.07) is 12.6. The lowest BCUT2D eigenvalue weighted by Gasteiger charge is -2.13. The first-order valence-electron chi connectivity index (χ1n) is 8.52. The number of anilines is 1. The highest BCUT2D eigenvalue weighted by Crippen LogP contribution is 2.34. The zero-order valence-electron chi connectivity index (χ0n) is 16.0. The highest BCUT2D eigenvalue weighted by atomic mass is 32.2. The zero-order valence-corrected chi connectivity index (χ0v) is 16.8. The van der Waals surface area contributed by atoms with Crippen LogP contribution >= 0.6 is 0 Å². The third-order valence-corrected chi connectivity index (χ3v) is 3.93. The van der Waals surface area contributed by atoms with E-state index in [1.165, 1.54) is 12.1 Å². The normalized spacial score (nSPS) is 11.7. The lowest BCUT2D eigenvalue weighted by atomic mass is 10.1. The van der Waals surface area contributed by atoms with Gasteiger partial charge in [0.1, 0.15) is 18.0 Å². The van der Waals surface area contributed by atoms with Crippen molar-refractivity contribution in [3.8, 4) is 5.75 Å². The standard InChI is InChI=1S/C20H21N3O5S/c1-14(2)20(24)21-17-13-19(18(12-15(17)3)22-23-29(25,26)27)28-11-7-10-16-8-5-4-6-9-16/h4-10,12-13H,1,11H2,2-3H3,(H,21,24)(H,25,26,27)/b10-7+,23-22?. The van der Waals surface area contributed by atoms with Crippen molar-refractivity contribution in [3.05, 3.63) is 71.8 Å². The molecule has 2 N–H and O–H groups in total. The van der Waals surface area contributed by atoms with E-state index in [-0.39, 0.29) is 24.0 Å². The smallest absolute Gasteiger partial charge is 0.396 e. The summed E-state index contributed by atoms with van der Waals surface area (Å²) in [5, 5.41) is 6.23. The van der Waals surface area contributed by atoms with E-state index in [9.17, 15) is 13.2 Å². The minimum absolute atomic E-state index is 0.0848. The summed E-state index contributed by atoms with van der Waals surface area (Å²) < 4.78 is 39.1. The van der Waals surface area contributed by atoms with Gasteiger partial charge >= 0.3 is 10.3 Å². The molecule has 0 unspecified atom stereocenters. The molecule has 29 heavy (non-hydrogen) atoms. The molecule has 2 aromatic carbocycles. The molecule has 9 heteroatoms. The highest BCUT2D eigenvalue weighted by Gasteiger charge is 2.12. The Bertz CT molecular complexity index is 1060. The molecular formula is C20H21N3O5S. The Morgan fingerprint density at radius 1 is 1.28 bits per heavy atom. The zero-order chi connectivity index (χ0) is 21.4. The van der Waals surface area contributed by atoms with E-state index in [0.29, 0.717) is 16.8 Å². The first-order valence-corrected chi connectivity index (χ1v) is 9.92. The van der Waals surface area contributed by atoms with Gasteiger partial charge in [-0.1, -0.05) is 43.0 Å². The van der Waals surface area contributed by atoms with E-state index in [4.69, 9.17) is 9.29 Å². The second-order valence-corrected chi connectivity index (χ2v) is 7.18. The molecule has 0 spiro atoms. The van der Waals surface area contributed by atoms with Crippen LogP contribution in [0.4, 0.5) is 11.4 Å². The number of hydrogen-bond acceptors (Lipinski definition) is 5. The number of rotatable bonds is 8. The summed E-state index contributed by atoms with van der Waals surface area (Å²) in [6.07, 6.45) is 3.63. The molecule has 152 valence electrons. The summed E-state index contributed by atoms with van der Waals surface area (Å²) in [6.45, 7) is 7.01. The number of nitrogens with zero attached hydrogens (tertiary/aromatic N) is 2. The second kappa shape index (κ2) is 9.76. The van der Waals surface area contributed by atoms with Crippen LogP contribution in [0.25, 0.3) is 6.08 Å². The molecule has 0 saturated carbocycles. The molecular weight excluding hydrogens is 394 g/mol. The van der Waals surface area contributed by atoms with Crippen LogP contribution in [0.2, 0.25) is 0 Å². The summed E-state index contributed by atoms with van der Waals surface area (Å²) in [4.78, 5) is 11.9. The molecule has 1 amide bonds. The van der Waals surface area contributed by atoms with Gasteiger partial charge in [-0.25, -0.2) is 0 Å². The van der Waals surface area contributed by atoms with Crippen LogP contribution < -0.4 is 10.1 Å². The van der Waals surface area contributed by atoms with Crippen LogP contribution in [0.5, 0.6) is 5.75 Å². The number of benzene rings is 2. The SMILES string of the molecule is C=C(C)C(=O)Nc1cc(OC/C=C/c2ccccc2)c(N=NS(=O)(=O)O)cc1C. The molecule has 0 radical (unpaired) electrons. The van der Waals surface area contributed by atoms with E-state index < -0.39 is 10.3 Å². The average molecular weight is 415 g/mol. The van der Waals surface area contributed by atoms with Crippen molar-refractivity contribution in [2.45, 2.75) is 13.8 Å². The lowest BCUT2D eigenvalue weighted by molar-refractivity contribution is -0.112. The van der Waals surface area contributed by atoms with Crippen LogP contribution in [-0.4, -0.2) is 25.5 Å². The predicted molar refractivity (Wildman–Crippen MR) is 112 cm³/mol. The molecule has 0 aromatic heterocycles. The van der Waals surface area contributed by atoms with Gasteiger partial charge in [-0.2, -0.15) is 8.42 Å². The Hall–Kier alpha value is -3.30. The Morgan fingerprint density at radius 2 is 1.97 bits per heavy atom. The van der Waals surface area contributed by atoms with Gasteiger partial charge in [0.25, 0.3) is 5.91 Å². The largest absolute Gasteiger partial charge is 0.487 e. The number of carbonyl (C=O) groups is 1. The third kappa shape index (κ3) is 7.32.